The Kier molecular flexibility index (Phi) is 4.35. The summed E-state index contributed by atoms with van der Waals surface area (Å²) >= 11 is 0. The first kappa shape index (κ1) is 14.1. The third kappa shape index (κ3) is 3.35. The molecule has 2 aromatic carbocycles. The Balaban J connectivity index is 2.02. The Morgan fingerprint density at radius 1 is 1.15 bits per heavy atom. The second kappa shape index (κ2) is 6.19. The van der Waals surface area contributed by atoms with Crippen molar-refractivity contribution in [3.63, 3.8) is 0 Å². The quantitative estimate of drug-likeness (QED) is 0.686. The van der Waals surface area contributed by atoms with Crippen LogP contribution >= 0.6 is 0 Å². The van der Waals surface area contributed by atoms with Gasteiger partial charge in [0.2, 0.25) is 0 Å². The van der Waals surface area contributed by atoms with Crippen molar-refractivity contribution in [3.05, 3.63) is 65.0 Å². The number of anilines is 1. The third-order valence-corrected chi connectivity index (χ3v) is 3.04. The fraction of sp³-hybridized carbons (Fsp3) is 0.188. The summed E-state index contributed by atoms with van der Waals surface area (Å²) in [6.45, 7) is 2.21. The molecule has 0 heterocycles. The van der Waals surface area contributed by atoms with E-state index >= 15 is 0 Å². The van der Waals surface area contributed by atoms with E-state index in [1.54, 1.807) is 0 Å². The Hall–Kier alpha value is -2.36. The highest BCUT2D eigenvalue weighted by Gasteiger charge is 2.12. The smallest absolute Gasteiger partial charge is 0.340 e. The van der Waals surface area contributed by atoms with Crippen molar-refractivity contribution >= 4 is 11.7 Å². The molecule has 0 bridgehead atoms. The Morgan fingerprint density at radius 3 is 2.45 bits per heavy atom. The molecule has 0 fully saturated rings. The van der Waals surface area contributed by atoms with E-state index in [1.807, 2.05) is 24.3 Å². The van der Waals surface area contributed by atoms with Gasteiger partial charge in [0.15, 0.2) is 0 Å². The molecule has 0 amide bonds. The van der Waals surface area contributed by atoms with Crippen molar-refractivity contribution < 1.29 is 13.9 Å². The van der Waals surface area contributed by atoms with Crippen LogP contribution in [0.2, 0.25) is 0 Å². The summed E-state index contributed by atoms with van der Waals surface area (Å²) in [6, 6.07) is 11.4. The topological polar surface area (TPSA) is 52.3 Å². The van der Waals surface area contributed by atoms with E-state index < -0.39 is 11.8 Å². The van der Waals surface area contributed by atoms with E-state index in [0.29, 0.717) is 0 Å². The largest absolute Gasteiger partial charge is 0.457 e. The SMILES string of the molecule is CCc1ccc(COC(=O)c2cc(F)ccc2N)cc1. The van der Waals surface area contributed by atoms with Gasteiger partial charge in [-0.3, -0.25) is 0 Å². The summed E-state index contributed by atoms with van der Waals surface area (Å²) in [7, 11) is 0. The van der Waals surface area contributed by atoms with E-state index in [1.165, 1.54) is 17.7 Å². The molecule has 0 saturated carbocycles. The minimum Gasteiger partial charge on any atom is -0.457 e. The second-order valence-corrected chi connectivity index (χ2v) is 4.48. The number of carbonyl (C=O) groups is 1. The molecule has 2 aromatic rings. The summed E-state index contributed by atoms with van der Waals surface area (Å²) in [5, 5.41) is 0. The summed E-state index contributed by atoms with van der Waals surface area (Å²) in [4.78, 5) is 11.8. The zero-order valence-corrected chi connectivity index (χ0v) is 11.2. The normalized spacial score (nSPS) is 10.3. The zero-order valence-electron chi connectivity index (χ0n) is 11.2. The molecular weight excluding hydrogens is 257 g/mol. The fourth-order valence-corrected chi connectivity index (χ4v) is 1.80. The number of ether oxygens (including phenoxy) is 1. The van der Waals surface area contributed by atoms with Gasteiger partial charge in [-0.1, -0.05) is 31.2 Å². The van der Waals surface area contributed by atoms with E-state index in [9.17, 15) is 9.18 Å². The molecule has 0 aromatic heterocycles. The highest BCUT2D eigenvalue weighted by Crippen LogP contribution is 2.15. The molecule has 0 spiro atoms. The van der Waals surface area contributed by atoms with Crippen LogP contribution in [0.25, 0.3) is 0 Å². The molecule has 2 N–H and O–H groups in total. The van der Waals surface area contributed by atoms with Gasteiger partial charge >= 0.3 is 5.97 Å². The van der Waals surface area contributed by atoms with Gasteiger partial charge in [-0.2, -0.15) is 0 Å². The van der Waals surface area contributed by atoms with Crippen LogP contribution in [-0.4, -0.2) is 5.97 Å². The lowest BCUT2D eigenvalue weighted by atomic mass is 10.1. The van der Waals surface area contributed by atoms with Crippen molar-refractivity contribution in [3.8, 4) is 0 Å². The average Bonchev–Trinajstić information content (AvgIpc) is 2.47. The van der Waals surface area contributed by atoms with Gasteiger partial charge in [0, 0.05) is 5.69 Å². The lowest BCUT2D eigenvalue weighted by Gasteiger charge is -2.07. The number of rotatable bonds is 4. The van der Waals surface area contributed by atoms with E-state index in [2.05, 4.69) is 6.92 Å². The number of halogens is 1. The lowest BCUT2D eigenvalue weighted by molar-refractivity contribution is 0.0473. The van der Waals surface area contributed by atoms with Crippen LogP contribution in [-0.2, 0) is 17.8 Å². The van der Waals surface area contributed by atoms with Crippen molar-refractivity contribution in [1.82, 2.24) is 0 Å². The lowest BCUT2D eigenvalue weighted by Crippen LogP contribution is -2.08. The van der Waals surface area contributed by atoms with Gasteiger partial charge in [-0.15, -0.1) is 0 Å². The number of esters is 1. The molecule has 0 unspecified atom stereocenters. The zero-order chi connectivity index (χ0) is 14.5. The van der Waals surface area contributed by atoms with Crippen LogP contribution < -0.4 is 5.73 Å². The number of benzene rings is 2. The number of nitrogens with two attached hydrogens (primary N) is 1. The molecule has 0 aliphatic heterocycles. The summed E-state index contributed by atoms with van der Waals surface area (Å²) < 4.78 is 18.2. The molecule has 0 radical (unpaired) electrons. The number of hydrogen-bond acceptors (Lipinski definition) is 3. The summed E-state index contributed by atoms with van der Waals surface area (Å²) in [6.07, 6.45) is 0.958. The fourth-order valence-electron chi connectivity index (χ4n) is 1.80. The van der Waals surface area contributed by atoms with E-state index in [0.717, 1.165) is 18.1 Å². The Labute approximate surface area is 117 Å². The van der Waals surface area contributed by atoms with Crippen LogP contribution in [0.15, 0.2) is 42.5 Å². The first-order chi connectivity index (χ1) is 9.60. The molecular formula is C16H16FNO2. The number of aryl methyl sites for hydroxylation is 1. The molecule has 0 aliphatic rings. The molecule has 3 nitrogen and oxygen atoms in total. The van der Waals surface area contributed by atoms with Crippen molar-refractivity contribution in [2.75, 3.05) is 5.73 Å². The molecule has 4 heteroatoms. The van der Waals surface area contributed by atoms with Gasteiger partial charge in [0.05, 0.1) is 5.56 Å². The van der Waals surface area contributed by atoms with Crippen LogP contribution in [0.4, 0.5) is 10.1 Å². The Morgan fingerprint density at radius 2 is 1.80 bits per heavy atom. The third-order valence-electron chi connectivity index (χ3n) is 3.04. The number of carbonyl (C=O) groups excluding carboxylic acids is 1. The monoisotopic (exact) mass is 273 g/mol. The van der Waals surface area contributed by atoms with Crippen molar-refractivity contribution in [1.29, 1.82) is 0 Å². The minimum absolute atomic E-state index is 0.0511. The van der Waals surface area contributed by atoms with Crippen molar-refractivity contribution in [2.45, 2.75) is 20.0 Å². The van der Waals surface area contributed by atoms with Crippen LogP contribution in [0, 0.1) is 5.82 Å². The van der Waals surface area contributed by atoms with Gasteiger partial charge in [0.1, 0.15) is 12.4 Å². The maximum atomic E-state index is 13.1. The predicted molar refractivity (Wildman–Crippen MR) is 75.8 cm³/mol. The Bertz CT molecular complexity index is 608. The van der Waals surface area contributed by atoms with E-state index in [4.69, 9.17) is 10.5 Å². The van der Waals surface area contributed by atoms with Gasteiger partial charge in [-0.05, 0) is 35.7 Å². The average molecular weight is 273 g/mol. The number of hydrogen-bond donors (Lipinski definition) is 1. The maximum Gasteiger partial charge on any atom is 0.340 e. The standard InChI is InChI=1S/C16H16FNO2/c1-2-11-3-5-12(6-4-11)10-20-16(19)14-9-13(17)7-8-15(14)18/h3-9H,2,10,18H2,1H3. The highest BCUT2D eigenvalue weighted by atomic mass is 19.1. The number of nitrogen functional groups attached to an aromatic ring is 1. The van der Waals surface area contributed by atoms with Gasteiger partial charge in [0.25, 0.3) is 0 Å². The molecule has 104 valence electrons. The highest BCUT2D eigenvalue weighted by molar-refractivity contribution is 5.95. The van der Waals surface area contributed by atoms with Crippen LogP contribution in [0.5, 0.6) is 0 Å². The molecule has 20 heavy (non-hydrogen) atoms. The molecule has 0 saturated heterocycles. The molecule has 0 aliphatic carbocycles. The maximum absolute atomic E-state index is 13.1. The first-order valence-corrected chi connectivity index (χ1v) is 6.40. The first-order valence-electron chi connectivity index (χ1n) is 6.40. The predicted octanol–water partition coefficient (Wildman–Crippen LogP) is 3.33. The minimum atomic E-state index is -0.624. The van der Waals surface area contributed by atoms with Crippen LogP contribution in [0.3, 0.4) is 0 Å². The summed E-state index contributed by atoms with van der Waals surface area (Å²) in [5.41, 5.74) is 7.98. The summed E-state index contributed by atoms with van der Waals surface area (Å²) in [5.74, 6) is -1.14. The van der Waals surface area contributed by atoms with Crippen molar-refractivity contribution in [2.24, 2.45) is 0 Å². The van der Waals surface area contributed by atoms with Gasteiger partial charge in [-0.25, -0.2) is 9.18 Å². The van der Waals surface area contributed by atoms with Crippen LogP contribution in [0.1, 0.15) is 28.4 Å². The van der Waals surface area contributed by atoms with Gasteiger partial charge < -0.3 is 10.5 Å². The molecule has 0 atom stereocenters. The molecule has 2 rings (SSSR count). The van der Waals surface area contributed by atoms with E-state index in [-0.39, 0.29) is 17.9 Å². The second-order valence-electron chi connectivity index (χ2n) is 4.48.